The van der Waals surface area contributed by atoms with Gasteiger partial charge in [-0.2, -0.15) is 0 Å². The van der Waals surface area contributed by atoms with Gasteiger partial charge in [0.05, 0.1) is 0 Å². The molecule has 0 aliphatic carbocycles. The fraction of sp³-hybridized carbons (Fsp3) is 0.875. The van der Waals surface area contributed by atoms with Crippen LogP contribution in [-0.2, 0) is 19.0 Å². The first-order valence-corrected chi connectivity index (χ1v) is 4.72. The van der Waals surface area contributed by atoms with Gasteiger partial charge in [-0.1, -0.05) is 0 Å². The summed E-state index contributed by atoms with van der Waals surface area (Å²) >= 11 is 3.29. The smallest absolute Gasteiger partial charge is 0.365 e. The number of methoxy groups -OCH3 is 1. The van der Waals surface area contributed by atoms with Crippen molar-refractivity contribution in [3.8, 4) is 0 Å². The number of hydrogen-bond donors (Lipinski definition) is 0. The second-order valence-electron chi connectivity index (χ2n) is 3.53. The van der Waals surface area contributed by atoms with Crippen LogP contribution in [0, 0.1) is 0 Å². The van der Waals surface area contributed by atoms with Crippen LogP contribution in [0.5, 0.6) is 0 Å². The highest BCUT2D eigenvalue weighted by Crippen LogP contribution is 2.39. The largest absolute Gasteiger partial charge is 0.441 e. The number of cyclic esters (lactones) is 1. The number of ether oxygens (including phenoxy) is 3. The van der Waals surface area contributed by atoms with Crippen molar-refractivity contribution in [1.29, 1.82) is 0 Å². The molecule has 76 valence electrons. The van der Waals surface area contributed by atoms with Crippen LogP contribution in [0.4, 0.5) is 0 Å². The molecule has 0 radical (unpaired) electrons. The number of rotatable bonds is 1. The lowest BCUT2D eigenvalue weighted by Crippen LogP contribution is -2.57. The predicted molar refractivity (Wildman–Crippen MR) is 49.4 cm³/mol. The van der Waals surface area contributed by atoms with Gasteiger partial charge in [-0.05, 0) is 36.7 Å². The molecule has 4 nitrogen and oxygen atoms in total. The summed E-state index contributed by atoms with van der Waals surface area (Å²) < 4.78 is 14.5. The van der Waals surface area contributed by atoms with Crippen LogP contribution >= 0.6 is 15.9 Å². The average molecular weight is 253 g/mol. The van der Waals surface area contributed by atoms with Crippen LogP contribution in [0.1, 0.15) is 20.8 Å². The zero-order valence-electron chi connectivity index (χ0n) is 8.09. The summed E-state index contributed by atoms with van der Waals surface area (Å²) in [5.41, 5.74) is -0.623. The molecule has 0 bridgehead atoms. The van der Waals surface area contributed by atoms with E-state index < -0.39 is 22.4 Å². The topological polar surface area (TPSA) is 44.8 Å². The molecule has 1 aliphatic rings. The molecule has 0 saturated carbocycles. The highest BCUT2D eigenvalue weighted by molar-refractivity contribution is 9.10. The Kier molecular flexibility index (Phi) is 2.71. The molecule has 0 N–H and O–H groups in total. The normalized spacial score (nSPS) is 38.5. The third-order valence-corrected chi connectivity index (χ3v) is 3.29. The molecule has 2 atom stereocenters. The van der Waals surface area contributed by atoms with Crippen LogP contribution in [-0.4, -0.2) is 29.5 Å². The molecule has 1 unspecified atom stereocenters. The van der Waals surface area contributed by atoms with Gasteiger partial charge in [0.15, 0.2) is 4.51 Å². The highest BCUT2D eigenvalue weighted by Gasteiger charge is 2.51. The molecule has 0 aromatic heterocycles. The van der Waals surface area contributed by atoms with Gasteiger partial charge < -0.3 is 14.2 Å². The summed E-state index contributed by atoms with van der Waals surface area (Å²) in [5.74, 6) is -0.513. The maximum atomic E-state index is 11.2. The molecule has 1 aliphatic heterocycles. The van der Waals surface area contributed by atoms with Crippen LogP contribution < -0.4 is 0 Å². The first-order chi connectivity index (χ1) is 5.80. The van der Waals surface area contributed by atoms with Gasteiger partial charge >= 0.3 is 5.97 Å². The second-order valence-corrected chi connectivity index (χ2v) is 5.05. The third-order valence-electron chi connectivity index (χ3n) is 2.18. The summed E-state index contributed by atoms with van der Waals surface area (Å²) in [4.78, 5) is 11.2. The minimum Gasteiger partial charge on any atom is -0.441 e. The molecular formula is C8H13BrO4. The molecule has 5 heteroatoms. The zero-order valence-corrected chi connectivity index (χ0v) is 9.67. The molecule has 1 fully saturated rings. The van der Waals surface area contributed by atoms with Crippen molar-refractivity contribution in [2.24, 2.45) is 0 Å². The van der Waals surface area contributed by atoms with E-state index in [9.17, 15) is 4.79 Å². The van der Waals surface area contributed by atoms with Gasteiger partial charge in [-0.25, -0.2) is 4.79 Å². The Morgan fingerprint density at radius 3 is 2.46 bits per heavy atom. The Balaban J connectivity index is 2.85. The average Bonchev–Trinajstić information content (AvgIpc) is 1.96. The summed E-state index contributed by atoms with van der Waals surface area (Å²) in [6, 6.07) is 0. The third kappa shape index (κ3) is 1.87. The van der Waals surface area contributed by atoms with Crippen molar-refractivity contribution in [1.82, 2.24) is 0 Å². The Morgan fingerprint density at radius 1 is 1.46 bits per heavy atom. The number of halogens is 1. The second kappa shape index (κ2) is 3.22. The van der Waals surface area contributed by atoms with E-state index >= 15 is 0 Å². The van der Waals surface area contributed by atoms with Crippen molar-refractivity contribution in [2.75, 3.05) is 7.11 Å². The number of carbonyl (C=O) groups is 1. The minimum atomic E-state index is -0.930. The number of alkyl halides is 1. The summed E-state index contributed by atoms with van der Waals surface area (Å²) in [6.45, 7) is 5.37. The van der Waals surface area contributed by atoms with Gasteiger partial charge in [0.1, 0.15) is 5.60 Å². The lowest BCUT2D eigenvalue weighted by Gasteiger charge is -2.44. The fourth-order valence-corrected chi connectivity index (χ4v) is 1.18. The molecule has 13 heavy (non-hydrogen) atoms. The van der Waals surface area contributed by atoms with Gasteiger partial charge in [0.25, 0.3) is 6.29 Å². The molecule has 1 heterocycles. The van der Waals surface area contributed by atoms with Crippen molar-refractivity contribution in [3.05, 3.63) is 0 Å². The molecule has 1 saturated heterocycles. The first kappa shape index (κ1) is 10.9. The monoisotopic (exact) mass is 252 g/mol. The van der Waals surface area contributed by atoms with Gasteiger partial charge in [-0.3, -0.25) is 0 Å². The molecular weight excluding hydrogens is 240 g/mol. The predicted octanol–water partition coefficient (Wildman–Crippen LogP) is 1.42. The minimum absolute atomic E-state index is 0.513. The van der Waals surface area contributed by atoms with E-state index in [4.69, 9.17) is 14.2 Å². The molecule has 0 aromatic carbocycles. The van der Waals surface area contributed by atoms with E-state index in [2.05, 4.69) is 15.9 Å². The van der Waals surface area contributed by atoms with E-state index in [1.807, 2.05) is 13.8 Å². The first-order valence-electron chi connectivity index (χ1n) is 3.92. The maximum absolute atomic E-state index is 11.2. The number of hydrogen-bond acceptors (Lipinski definition) is 4. The number of esters is 1. The van der Waals surface area contributed by atoms with Crippen molar-refractivity contribution >= 4 is 21.9 Å². The highest BCUT2D eigenvalue weighted by atomic mass is 79.9. The van der Waals surface area contributed by atoms with Crippen molar-refractivity contribution < 1.29 is 19.0 Å². The van der Waals surface area contributed by atoms with E-state index in [-0.39, 0.29) is 0 Å². The van der Waals surface area contributed by atoms with Gasteiger partial charge in [-0.15, -0.1) is 0 Å². The fourth-order valence-electron chi connectivity index (χ4n) is 0.925. The lowest BCUT2D eigenvalue weighted by molar-refractivity contribution is -0.273. The van der Waals surface area contributed by atoms with E-state index in [1.54, 1.807) is 6.92 Å². The van der Waals surface area contributed by atoms with E-state index in [1.165, 1.54) is 7.11 Å². The molecule has 0 spiro atoms. The van der Waals surface area contributed by atoms with Crippen LogP contribution in [0.15, 0.2) is 0 Å². The molecule has 0 amide bonds. The van der Waals surface area contributed by atoms with Crippen molar-refractivity contribution in [2.45, 2.75) is 37.2 Å². The lowest BCUT2D eigenvalue weighted by atomic mass is 10.0. The molecule has 0 aromatic rings. The van der Waals surface area contributed by atoms with Crippen LogP contribution in [0.25, 0.3) is 0 Å². The quantitative estimate of drug-likeness (QED) is 0.523. The van der Waals surface area contributed by atoms with E-state index in [0.29, 0.717) is 0 Å². The van der Waals surface area contributed by atoms with Gasteiger partial charge in [0.2, 0.25) is 0 Å². The van der Waals surface area contributed by atoms with Crippen LogP contribution in [0.2, 0.25) is 0 Å². The maximum Gasteiger partial charge on any atom is 0.365 e. The summed E-state index contributed by atoms with van der Waals surface area (Å²) in [7, 11) is 1.40. The van der Waals surface area contributed by atoms with E-state index in [0.717, 1.165) is 0 Å². The Labute approximate surface area is 85.7 Å². The summed E-state index contributed by atoms with van der Waals surface area (Å²) in [6.07, 6.45) is -0.930. The summed E-state index contributed by atoms with van der Waals surface area (Å²) in [5, 5.41) is 0. The Bertz CT molecular complexity index is 224. The standard InChI is InChI=1S/C8H13BrO4/c1-7(2)8(3,9)12-5(10)6(11-4)13-7/h6H,1-4H3/t6-,8?/m0/s1. The Morgan fingerprint density at radius 2 is 2.00 bits per heavy atom. The SMILES string of the molecule is CO[C@H]1OC(C)(C)C(C)(Br)OC1=O. The molecule has 1 rings (SSSR count). The number of carbonyl (C=O) groups excluding carboxylic acids is 1. The Hall–Kier alpha value is -0.130. The van der Waals surface area contributed by atoms with Crippen LogP contribution in [0.3, 0.4) is 0 Å². The van der Waals surface area contributed by atoms with Crippen molar-refractivity contribution in [3.63, 3.8) is 0 Å². The van der Waals surface area contributed by atoms with Gasteiger partial charge in [0, 0.05) is 7.11 Å². The zero-order chi connectivity index (χ0) is 10.3.